The molecule has 0 amide bonds. The van der Waals surface area contributed by atoms with Crippen LogP contribution >= 0.6 is 0 Å². The average Bonchev–Trinajstić information content (AvgIpc) is 2.71. The van der Waals surface area contributed by atoms with Crippen molar-refractivity contribution in [2.45, 2.75) is 64.8 Å². The predicted molar refractivity (Wildman–Crippen MR) is 101 cm³/mol. The Bertz CT molecular complexity index is 657. The highest BCUT2D eigenvalue weighted by Crippen LogP contribution is 2.40. The first-order valence-corrected chi connectivity index (χ1v) is 9.65. The molecule has 0 unspecified atom stereocenters. The van der Waals surface area contributed by atoms with Crippen LogP contribution < -0.4 is 0 Å². The van der Waals surface area contributed by atoms with Gasteiger partial charge in [-0.2, -0.15) is 0 Å². The second kappa shape index (κ2) is 7.83. The molecule has 4 heteroatoms. The van der Waals surface area contributed by atoms with E-state index in [1.807, 2.05) is 0 Å². The molecule has 3 aliphatic rings. The molecular weight excluding hydrogens is 328 g/mol. The highest BCUT2D eigenvalue weighted by molar-refractivity contribution is 5.70. The minimum atomic E-state index is -0.650. The summed E-state index contributed by atoms with van der Waals surface area (Å²) in [5.74, 6) is 0.888. The molecule has 26 heavy (non-hydrogen) atoms. The summed E-state index contributed by atoms with van der Waals surface area (Å²) >= 11 is 0. The van der Waals surface area contributed by atoms with Crippen molar-refractivity contribution in [2.24, 2.45) is 17.8 Å². The molecule has 0 spiro atoms. The zero-order valence-corrected chi connectivity index (χ0v) is 16.0. The summed E-state index contributed by atoms with van der Waals surface area (Å²) in [4.78, 5) is 12.0. The smallest absolute Gasteiger partial charge is 0.309 e. The van der Waals surface area contributed by atoms with E-state index >= 15 is 0 Å². The lowest BCUT2D eigenvalue weighted by molar-refractivity contribution is -0.147. The number of rotatable bonds is 1. The fraction of sp³-hybridized carbons (Fsp3) is 0.591. The Kier molecular flexibility index (Phi) is 5.71. The van der Waals surface area contributed by atoms with E-state index in [1.54, 1.807) is 0 Å². The second-order valence-electron chi connectivity index (χ2n) is 7.87. The van der Waals surface area contributed by atoms with Gasteiger partial charge in [0.1, 0.15) is 6.10 Å². The molecule has 0 radical (unpaired) electrons. The SMILES string of the molecule is C=C1O[C@@H](CC)C[C@@H]2/C(C)=C/[C@@H]3OC(=O)C[C@@H](O)C[C@H]3/C=C/C(C)=C\[C@@H]12. The van der Waals surface area contributed by atoms with Gasteiger partial charge < -0.3 is 14.6 Å². The Balaban J connectivity index is 2.01. The number of aliphatic hydroxyl groups excluding tert-OH is 1. The van der Waals surface area contributed by atoms with E-state index in [4.69, 9.17) is 9.47 Å². The summed E-state index contributed by atoms with van der Waals surface area (Å²) in [6, 6.07) is 0. The number of ether oxygens (including phenoxy) is 2. The highest BCUT2D eigenvalue weighted by atomic mass is 16.5. The van der Waals surface area contributed by atoms with E-state index in [0.29, 0.717) is 6.42 Å². The standard InChI is InChI=1S/C22H30O4/c1-5-18-12-19-14(3)9-21-16(10-17(23)11-22(24)26-21)7-6-13(2)8-20(19)15(4)25-18/h6-9,16-21,23H,4-5,10-12H2,1-3H3/b7-6+,13-8-,14-9+/t16-,17+,18+,19-,20+,21+/m1/s1. The first kappa shape index (κ1) is 19.0. The molecule has 0 aromatic carbocycles. The summed E-state index contributed by atoms with van der Waals surface area (Å²) < 4.78 is 11.7. The van der Waals surface area contributed by atoms with Crippen molar-refractivity contribution >= 4 is 5.97 Å². The first-order chi connectivity index (χ1) is 12.4. The molecule has 2 saturated heterocycles. The molecule has 142 valence electrons. The molecule has 0 aromatic rings. The lowest BCUT2D eigenvalue weighted by Gasteiger charge is -2.38. The van der Waals surface area contributed by atoms with E-state index in [2.05, 4.69) is 51.7 Å². The number of allylic oxidation sites excluding steroid dienone is 4. The first-order valence-electron chi connectivity index (χ1n) is 9.65. The number of esters is 1. The number of hydrogen-bond acceptors (Lipinski definition) is 4. The quantitative estimate of drug-likeness (QED) is 0.567. The second-order valence-corrected chi connectivity index (χ2v) is 7.87. The van der Waals surface area contributed by atoms with Gasteiger partial charge in [-0.05, 0) is 45.1 Å². The van der Waals surface area contributed by atoms with E-state index in [-0.39, 0.29) is 42.4 Å². The van der Waals surface area contributed by atoms with Crippen molar-refractivity contribution < 1.29 is 19.4 Å². The summed E-state index contributed by atoms with van der Waals surface area (Å²) in [7, 11) is 0. The molecule has 2 fully saturated rings. The molecule has 3 rings (SSSR count). The molecular formula is C22H30O4. The number of carbonyl (C=O) groups is 1. The van der Waals surface area contributed by atoms with Crippen LogP contribution in [0.1, 0.15) is 46.5 Å². The van der Waals surface area contributed by atoms with Crippen LogP contribution in [0.5, 0.6) is 0 Å². The molecule has 0 bridgehead atoms. The van der Waals surface area contributed by atoms with E-state index < -0.39 is 6.10 Å². The number of carbonyl (C=O) groups excluding carboxylic acids is 1. The Morgan fingerprint density at radius 3 is 2.73 bits per heavy atom. The Hall–Kier alpha value is -1.81. The monoisotopic (exact) mass is 358 g/mol. The van der Waals surface area contributed by atoms with E-state index in [0.717, 1.165) is 24.2 Å². The average molecular weight is 358 g/mol. The van der Waals surface area contributed by atoms with Gasteiger partial charge >= 0.3 is 5.97 Å². The van der Waals surface area contributed by atoms with Crippen molar-refractivity contribution in [3.05, 3.63) is 47.8 Å². The van der Waals surface area contributed by atoms with Crippen molar-refractivity contribution in [2.75, 3.05) is 0 Å². The summed E-state index contributed by atoms with van der Waals surface area (Å²) in [6.07, 6.45) is 10.1. The third-order valence-corrected chi connectivity index (χ3v) is 5.79. The zero-order valence-electron chi connectivity index (χ0n) is 16.0. The lowest BCUT2D eigenvalue weighted by atomic mass is 9.76. The third-order valence-electron chi connectivity index (χ3n) is 5.79. The third kappa shape index (κ3) is 4.12. The topological polar surface area (TPSA) is 55.8 Å². The fourth-order valence-corrected chi connectivity index (χ4v) is 4.28. The maximum absolute atomic E-state index is 12.0. The Labute approximate surface area is 156 Å². The fourth-order valence-electron chi connectivity index (χ4n) is 4.28. The van der Waals surface area contributed by atoms with Crippen molar-refractivity contribution in [1.82, 2.24) is 0 Å². The Morgan fingerprint density at radius 1 is 1.23 bits per heavy atom. The highest BCUT2D eigenvalue weighted by Gasteiger charge is 2.36. The zero-order chi connectivity index (χ0) is 18.8. The summed E-state index contributed by atoms with van der Waals surface area (Å²) in [5.41, 5.74) is 2.34. The molecule has 1 N–H and O–H groups in total. The van der Waals surface area contributed by atoms with Crippen LogP contribution in [0.3, 0.4) is 0 Å². The maximum Gasteiger partial charge on any atom is 0.309 e. The van der Waals surface area contributed by atoms with Gasteiger partial charge in [-0.3, -0.25) is 4.79 Å². The summed E-state index contributed by atoms with van der Waals surface area (Å²) in [6.45, 7) is 10.5. The number of fused-ring (bicyclic) bond motifs is 2. The minimum absolute atomic E-state index is 0.0173. The van der Waals surface area contributed by atoms with E-state index in [1.165, 1.54) is 5.57 Å². The molecule has 2 heterocycles. The molecule has 6 atom stereocenters. The number of aliphatic hydroxyl groups is 1. The van der Waals surface area contributed by atoms with Crippen LogP contribution in [0.25, 0.3) is 0 Å². The van der Waals surface area contributed by atoms with E-state index in [9.17, 15) is 9.90 Å². The van der Waals surface area contributed by atoms with Gasteiger partial charge in [-0.25, -0.2) is 0 Å². The van der Waals surface area contributed by atoms with Gasteiger partial charge in [0, 0.05) is 11.8 Å². The molecule has 0 saturated carbocycles. The molecule has 1 aliphatic carbocycles. The normalized spacial score (nSPS) is 43.2. The van der Waals surface area contributed by atoms with Crippen LogP contribution in [0.15, 0.2) is 47.8 Å². The van der Waals surface area contributed by atoms with Crippen LogP contribution in [0.2, 0.25) is 0 Å². The lowest BCUT2D eigenvalue weighted by Crippen LogP contribution is -2.32. The van der Waals surface area contributed by atoms with Gasteiger partial charge in [0.2, 0.25) is 0 Å². The summed E-state index contributed by atoms with van der Waals surface area (Å²) in [5, 5.41) is 10.1. The minimum Gasteiger partial charge on any atom is -0.495 e. The number of hydrogen-bond donors (Lipinski definition) is 1. The van der Waals surface area contributed by atoms with Gasteiger partial charge in [0.05, 0.1) is 24.4 Å². The van der Waals surface area contributed by atoms with Crippen molar-refractivity contribution in [3.63, 3.8) is 0 Å². The largest absolute Gasteiger partial charge is 0.495 e. The maximum atomic E-state index is 12.0. The van der Waals surface area contributed by atoms with Crippen molar-refractivity contribution in [3.8, 4) is 0 Å². The Morgan fingerprint density at radius 2 is 2.00 bits per heavy atom. The van der Waals surface area contributed by atoms with Gasteiger partial charge in [0.25, 0.3) is 0 Å². The van der Waals surface area contributed by atoms with Crippen molar-refractivity contribution in [1.29, 1.82) is 0 Å². The van der Waals surface area contributed by atoms with Crippen LogP contribution in [0.4, 0.5) is 0 Å². The molecule has 0 aromatic heterocycles. The predicted octanol–water partition coefficient (Wildman–Crippen LogP) is 4.08. The van der Waals surface area contributed by atoms with Gasteiger partial charge in [-0.1, -0.05) is 42.9 Å². The molecule has 4 nitrogen and oxygen atoms in total. The van der Waals surface area contributed by atoms with Crippen LogP contribution in [-0.2, 0) is 14.3 Å². The van der Waals surface area contributed by atoms with Gasteiger partial charge in [-0.15, -0.1) is 0 Å². The molecule has 2 aliphatic heterocycles. The van der Waals surface area contributed by atoms with Crippen LogP contribution in [0, 0.1) is 17.8 Å². The van der Waals surface area contributed by atoms with Gasteiger partial charge in [0.15, 0.2) is 0 Å². The van der Waals surface area contributed by atoms with Crippen LogP contribution in [-0.4, -0.2) is 29.4 Å².